The molecule has 6 nitrogen and oxygen atoms in total. The number of ether oxygens (including phenoxy) is 2. The van der Waals surface area contributed by atoms with Gasteiger partial charge in [0.15, 0.2) is 0 Å². The Morgan fingerprint density at radius 1 is 1.45 bits per heavy atom. The molecule has 0 spiro atoms. The lowest BCUT2D eigenvalue weighted by atomic mass is 10.2. The van der Waals surface area contributed by atoms with Gasteiger partial charge < -0.3 is 9.47 Å². The van der Waals surface area contributed by atoms with Crippen LogP contribution in [0.15, 0.2) is 24.5 Å². The summed E-state index contributed by atoms with van der Waals surface area (Å²) in [7, 11) is -1.68. The molecule has 2 heterocycles. The van der Waals surface area contributed by atoms with E-state index in [1.165, 1.54) is 4.31 Å². The number of hydrogen-bond donors (Lipinski definition) is 0. The van der Waals surface area contributed by atoms with Crippen LogP contribution in [-0.4, -0.2) is 55.9 Å². The summed E-state index contributed by atoms with van der Waals surface area (Å²) in [6.45, 7) is 4.51. The van der Waals surface area contributed by atoms with Crippen molar-refractivity contribution in [3.63, 3.8) is 0 Å². The molecule has 2 rings (SSSR count). The molecule has 22 heavy (non-hydrogen) atoms. The lowest BCUT2D eigenvalue weighted by Gasteiger charge is -2.24. The molecule has 0 bridgehead atoms. The van der Waals surface area contributed by atoms with Gasteiger partial charge in [0.2, 0.25) is 10.0 Å². The van der Waals surface area contributed by atoms with E-state index in [1.807, 2.05) is 19.9 Å². The standard InChI is InChI=1S/C15H24N2O4S/c1-12(2)11-22(18,19)17-9-15(20-3)7-13(17)10-21-14-5-4-6-16-8-14/h4-6,8,12-13,15H,7,9-11H2,1-3H3/t13-,15-/m1/s1. The fourth-order valence-corrected chi connectivity index (χ4v) is 4.68. The van der Waals surface area contributed by atoms with E-state index < -0.39 is 10.0 Å². The van der Waals surface area contributed by atoms with Gasteiger partial charge in [-0.05, 0) is 24.5 Å². The maximum Gasteiger partial charge on any atom is 0.214 e. The highest BCUT2D eigenvalue weighted by Crippen LogP contribution is 2.25. The summed E-state index contributed by atoms with van der Waals surface area (Å²) in [6.07, 6.45) is 3.86. The van der Waals surface area contributed by atoms with Gasteiger partial charge >= 0.3 is 0 Å². The summed E-state index contributed by atoms with van der Waals surface area (Å²) in [6, 6.07) is 3.40. The van der Waals surface area contributed by atoms with E-state index >= 15 is 0 Å². The molecule has 2 atom stereocenters. The van der Waals surface area contributed by atoms with Crippen LogP contribution in [0, 0.1) is 5.92 Å². The van der Waals surface area contributed by atoms with Crippen molar-refractivity contribution < 1.29 is 17.9 Å². The minimum atomic E-state index is -3.30. The van der Waals surface area contributed by atoms with Crippen LogP contribution in [0.25, 0.3) is 0 Å². The van der Waals surface area contributed by atoms with Crippen LogP contribution in [0.5, 0.6) is 5.75 Å². The van der Waals surface area contributed by atoms with Crippen molar-refractivity contribution in [1.29, 1.82) is 0 Å². The minimum absolute atomic E-state index is 0.0792. The molecule has 1 aromatic rings. The predicted octanol–water partition coefficient (Wildman–Crippen LogP) is 1.54. The Morgan fingerprint density at radius 3 is 2.82 bits per heavy atom. The van der Waals surface area contributed by atoms with Crippen LogP contribution in [0.4, 0.5) is 0 Å². The molecule has 0 radical (unpaired) electrons. The number of sulfonamides is 1. The van der Waals surface area contributed by atoms with E-state index in [0.717, 1.165) is 0 Å². The number of methoxy groups -OCH3 is 1. The highest BCUT2D eigenvalue weighted by molar-refractivity contribution is 7.89. The fraction of sp³-hybridized carbons (Fsp3) is 0.667. The van der Waals surface area contributed by atoms with Crippen molar-refractivity contribution in [2.24, 2.45) is 5.92 Å². The van der Waals surface area contributed by atoms with Gasteiger partial charge in [-0.25, -0.2) is 8.42 Å². The Labute approximate surface area is 132 Å². The summed E-state index contributed by atoms with van der Waals surface area (Å²) < 4.78 is 37.6. The van der Waals surface area contributed by atoms with Crippen LogP contribution < -0.4 is 4.74 Å². The molecular weight excluding hydrogens is 304 g/mol. The molecule has 1 saturated heterocycles. The molecular formula is C15H24N2O4S. The predicted molar refractivity (Wildman–Crippen MR) is 84.3 cm³/mol. The first kappa shape index (κ1) is 17.2. The summed E-state index contributed by atoms with van der Waals surface area (Å²) in [5.74, 6) is 0.878. The molecule has 0 amide bonds. The van der Waals surface area contributed by atoms with Crippen LogP contribution >= 0.6 is 0 Å². The first-order valence-corrected chi connectivity index (χ1v) is 9.08. The Morgan fingerprint density at radius 2 is 2.23 bits per heavy atom. The van der Waals surface area contributed by atoms with Crippen molar-refractivity contribution in [1.82, 2.24) is 9.29 Å². The third kappa shape index (κ3) is 4.41. The molecule has 1 aliphatic rings. The average molecular weight is 328 g/mol. The lowest BCUT2D eigenvalue weighted by molar-refractivity contribution is 0.113. The smallest absolute Gasteiger partial charge is 0.214 e. The van der Waals surface area contributed by atoms with Crippen molar-refractivity contribution in [2.75, 3.05) is 26.0 Å². The zero-order valence-electron chi connectivity index (χ0n) is 13.3. The molecule has 1 aromatic heterocycles. The van der Waals surface area contributed by atoms with Crippen molar-refractivity contribution in [2.45, 2.75) is 32.4 Å². The van der Waals surface area contributed by atoms with Crippen LogP contribution in [0.1, 0.15) is 20.3 Å². The van der Waals surface area contributed by atoms with Gasteiger partial charge in [-0.3, -0.25) is 4.98 Å². The minimum Gasteiger partial charge on any atom is -0.490 e. The van der Waals surface area contributed by atoms with E-state index in [-0.39, 0.29) is 23.8 Å². The third-order valence-electron chi connectivity index (χ3n) is 3.64. The molecule has 1 fully saturated rings. The number of rotatable bonds is 7. The van der Waals surface area contributed by atoms with Gasteiger partial charge in [-0.1, -0.05) is 13.8 Å². The van der Waals surface area contributed by atoms with E-state index in [1.54, 1.807) is 25.6 Å². The van der Waals surface area contributed by atoms with Crippen LogP contribution in [0.2, 0.25) is 0 Å². The van der Waals surface area contributed by atoms with Gasteiger partial charge in [0.05, 0.1) is 24.1 Å². The SMILES string of the molecule is CO[C@@H]1C[C@H](COc2cccnc2)N(S(=O)(=O)CC(C)C)C1. The first-order chi connectivity index (χ1) is 10.4. The Bertz CT molecular complexity index is 562. The van der Waals surface area contributed by atoms with Gasteiger partial charge in [0.25, 0.3) is 0 Å². The van der Waals surface area contributed by atoms with Crippen molar-refractivity contribution in [3.05, 3.63) is 24.5 Å². The quantitative estimate of drug-likeness (QED) is 0.759. The Kier molecular flexibility index (Phi) is 5.77. The molecule has 0 unspecified atom stereocenters. The average Bonchev–Trinajstić information content (AvgIpc) is 2.89. The van der Waals surface area contributed by atoms with Crippen LogP contribution in [0.3, 0.4) is 0 Å². The number of nitrogens with zero attached hydrogens (tertiary/aromatic N) is 2. The molecule has 0 aromatic carbocycles. The van der Waals surface area contributed by atoms with Gasteiger partial charge in [-0.2, -0.15) is 4.31 Å². The molecule has 0 aliphatic carbocycles. The largest absolute Gasteiger partial charge is 0.490 e. The Balaban J connectivity index is 2.06. The number of pyridine rings is 1. The highest BCUT2D eigenvalue weighted by atomic mass is 32.2. The Hall–Kier alpha value is -1.18. The van der Waals surface area contributed by atoms with E-state index in [9.17, 15) is 8.42 Å². The molecule has 124 valence electrons. The summed E-state index contributed by atoms with van der Waals surface area (Å²) >= 11 is 0. The summed E-state index contributed by atoms with van der Waals surface area (Å²) in [5.41, 5.74) is 0. The van der Waals surface area contributed by atoms with E-state index in [0.29, 0.717) is 25.3 Å². The normalized spacial score (nSPS) is 23.1. The number of hydrogen-bond acceptors (Lipinski definition) is 5. The highest BCUT2D eigenvalue weighted by Gasteiger charge is 2.40. The molecule has 1 aliphatic heterocycles. The van der Waals surface area contributed by atoms with Crippen molar-refractivity contribution in [3.8, 4) is 5.75 Å². The van der Waals surface area contributed by atoms with Gasteiger partial charge in [0, 0.05) is 19.9 Å². The second-order valence-electron chi connectivity index (χ2n) is 5.99. The topological polar surface area (TPSA) is 68.7 Å². The summed E-state index contributed by atoms with van der Waals surface area (Å²) in [5, 5.41) is 0. The lowest BCUT2D eigenvalue weighted by Crippen LogP contribution is -2.41. The van der Waals surface area contributed by atoms with Gasteiger partial charge in [0.1, 0.15) is 12.4 Å². The van der Waals surface area contributed by atoms with Crippen molar-refractivity contribution >= 4 is 10.0 Å². The maximum atomic E-state index is 12.5. The third-order valence-corrected chi connectivity index (χ3v) is 5.89. The maximum absolute atomic E-state index is 12.5. The molecule has 0 N–H and O–H groups in total. The molecule has 0 saturated carbocycles. The summed E-state index contributed by atoms with van der Waals surface area (Å²) in [4.78, 5) is 3.99. The zero-order valence-corrected chi connectivity index (χ0v) is 14.1. The second-order valence-corrected chi connectivity index (χ2v) is 7.96. The van der Waals surface area contributed by atoms with E-state index in [4.69, 9.17) is 9.47 Å². The van der Waals surface area contributed by atoms with Gasteiger partial charge in [-0.15, -0.1) is 0 Å². The van der Waals surface area contributed by atoms with E-state index in [2.05, 4.69) is 4.98 Å². The monoisotopic (exact) mass is 328 g/mol. The second kappa shape index (κ2) is 7.39. The van der Waals surface area contributed by atoms with Crippen LogP contribution in [-0.2, 0) is 14.8 Å². The number of aromatic nitrogens is 1. The first-order valence-electron chi connectivity index (χ1n) is 7.47. The fourth-order valence-electron chi connectivity index (χ4n) is 2.65. The molecule has 7 heteroatoms. The zero-order chi connectivity index (χ0) is 16.2.